The van der Waals surface area contributed by atoms with Crippen LogP contribution in [0.5, 0.6) is 0 Å². The molecule has 4 rings (SSSR count). The summed E-state index contributed by atoms with van der Waals surface area (Å²) >= 11 is 0. The Morgan fingerprint density at radius 1 is 1.00 bits per heavy atom. The number of ether oxygens (including phenoxy) is 1. The maximum atomic E-state index is 12.9. The highest BCUT2D eigenvalue weighted by Crippen LogP contribution is 2.29. The van der Waals surface area contributed by atoms with Crippen molar-refractivity contribution < 1.29 is 22.7 Å². The Labute approximate surface area is 179 Å². The number of carbonyl (C=O) groups is 1. The highest BCUT2D eigenvalue weighted by molar-refractivity contribution is 5.94. The third kappa shape index (κ3) is 4.76. The van der Waals surface area contributed by atoms with Crippen molar-refractivity contribution in [3.63, 3.8) is 0 Å². The molecule has 0 aliphatic carbocycles. The molecular weight excluding hydrogens is 409 g/mol. The fourth-order valence-corrected chi connectivity index (χ4v) is 4.03. The molecule has 2 aromatic rings. The van der Waals surface area contributed by atoms with E-state index in [1.165, 1.54) is 6.07 Å². The fourth-order valence-electron chi connectivity index (χ4n) is 4.03. The summed E-state index contributed by atoms with van der Waals surface area (Å²) < 4.78 is 43.5. The first-order valence-electron chi connectivity index (χ1n) is 10.3. The number of pyridine rings is 1. The number of anilines is 2. The van der Waals surface area contributed by atoms with E-state index in [0.29, 0.717) is 37.6 Å². The van der Waals surface area contributed by atoms with Crippen molar-refractivity contribution in [1.82, 2.24) is 9.88 Å². The van der Waals surface area contributed by atoms with Gasteiger partial charge in [0.2, 0.25) is 0 Å². The van der Waals surface area contributed by atoms with Gasteiger partial charge in [-0.2, -0.15) is 13.2 Å². The lowest BCUT2D eigenvalue weighted by atomic mass is 10.1. The van der Waals surface area contributed by atoms with Crippen LogP contribution in [0.4, 0.5) is 24.7 Å². The normalized spacial score (nSPS) is 19.7. The van der Waals surface area contributed by atoms with Crippen LogP contribution in [0.1, 0.15) is 22.3 Å². The van der Waals surface area contributed by atoms with Crippen LogP contribution in [0.2, 0.25) is 0 Å². The predicted molar refractivity (Wildman–Crippen MR) is 111 cm³/mol. The number of rotatable bonds is 4. The largest absolute Gasteiger partial charge is 0.417 e. The van der Waals surface area contributed by atoms with Crippen molar-refractivity contribution in [3.05, 3.63) is 53.7 Å². The molecule has 2 saturated heterocycles. The summed E-state index contributed by atoms with van der Waals surface area (Å²) in [7, 11) is 1.73. The highest BCUT2D eigenvalue weighted by atomic mass is 19.4. The van der Waals surface area contributed by atoms with Gasteiger partial charge < -0.3 is 19.4 Å². The van der Waals surface area contributed by atoms with Crippen LogP contribution in [0.3, 0.4) is 0 Å². The molecule has 2 fully saturated rings. The monoisotopic (exact) mass is 434 g/mol. The van der Waals surface area contributed by atoms with Gasteiger partial charge in [0.25, 0.3) is 5.91 Å². The lowest BCUT2D eigenvalue weighted by Gasteiger charge is -2.35. The van der Waals surface area contributed by atoms with Crippen molar-refractivity contribution in [2.75, 3.05) is 56.2 Å². The third-order valence-corrected chi connectivity index (χ3v) is 5.92. The summed E-state index contributed by atoms with van der Waals surface area (Å²) in [6, 6.07) is 10.0. The number of halogens is 3. The number of hydrogen-bond donors (Lipinski definition) is 0. The second-order valence-electron chi connectivity index (χ2n) is 7.82. The Bertz CT molecular complexity index is 894. The van der Waals surface area contributed by atoms with E-state index in [2.05, 4.69) is 9.88 Å². The molecule has 1 aromatic heterocycles. The van der Waals surface area contributed by atoms with Gasteiger partial charge in [0.05, 0.1) is 11.7 Å². The molecule has 0 saturated carbocycles. The minimum Gasteiger partial charge on any atom is -0.380 e. The molecule has 166 valence electrons. The van der Waals surface area contributed by atoms with Crippen molar-refractivity contribution in [2.24, 2.45) is 0 Å². The van der Waals surface area contributed by atoms with Crippen molar-refractivity contribution in [1.29, 1.82) is 0 Å². The van der Waals surface area contributed by atoms with Crippen LogP contribution in [-0.2, 0) is 10.9 Å². The molecule has 0 bridgehead atoms. The molecule has 3 heterocycles. The molecule has 6 nitrogen and oxygen atoms in total. The number of amides is 1. The Morgan fingerprint density at radius 2 is 1.71 bits per heavy atom. The molecule has 31 heavy (non-hydrogen) atoms. The van der Waals surface area contributed by atoms with E-state index in [1.807, 2.05) is 29.2 Å². The maximum absolute atomic E-state index is 12.9. The molecule has 9 heteroatoms. The molecule has 0 unspecified atom stereocenters. The number of hydrogen-bond acceptors (Lipinski definition) is 5. The summed E-state index contributed by atoms with van der Waals surface area (Å²) in [4.78, 5) is 22.7. The van der Waals surface area contributed by atoms with Crippen LogP contribution in [0.15, 0.2) is 42.6 Å². The Balaban J connectivity index is 1.33. The van der Waals surface area contributed by atoms with Crippen LogP contribution in [-0.4, -0.2) is 68.3 Å². The van der Waals surface area contributed by atoms with Crippen molar-refractivity contribution in [2.45, 2.75) is 18.7 Å². The smallest absolute Gasteiger partial charge is 0.380 e. The van der Waals surface area contributed by atoms with Gasteiger partial charge in [0.1, 0.15) is 5.82 Å². The minimum absolute atomic E-state index is 0.0391. The van der Waals surface area contributed by atoms with Gasteiger partial charge in [-0.3, -0.25) is 4.79 Å². The molecule has 0 radical (unpaired) electrons. The second-order valence-corrected chi connectivity index (χ2v) is 7.82. The zero-order valence-electron chi connectivity index (χ0n) is 17.3. The lowest BCUT2D eigenvalue weighted by Crippen LogP contribution is -2.49. The van der Waals surface area contributed by atoms with E-state index >= 15 is 0 Å². The van der Waals surface area contributed by atoms with Gasteiger partial charge in [-0.05, 0) is 42.8 Å². The van der Waals surface area contributed by atoms with E-state index < -0.39 is 11.7 Å². The van der Waals surface area contributed by atoms with Crippen LogP contribution >= 0.6 is 0 Å². The summed E-state index contributed by atoms with van der Waals surface area (Å²) in [5.41, 5.74) is 0.946. The maximum Gasteiger partial charge on any atom is 0.417 e. The van der Waals surface area contributed by atoms with E-state index in [9.17, 15) is 18.0 Å². The first-order valence-corrected chi connectivity index (χ1v) is 10.3. The standard InChI is InChI=1S/C22H25F3N4O2/c1-31-19-8-9-29(15-19)18-5-2-16(3-6-18)21(30)28-12-10-27(11-13-28)20-7-4-17(14-26-20)22(23,24)25/h2-7,14,19H,8-13,15H2,1H3/t19-/m0/s1. The van der Waals surface area contributed by atoms with Crippen molar-refractivity contribution in [3.8, 4) is 0 Å². The van der Waals surface area contributed by atoms with Gasteiger partial charge in [-0.25, -0.2) is 4.98 Å². The van der Waals surface area contributed by atoms with Gasteiger partial charge in [0.15, 0.2) is 0 Å². The summed E-state index contributed by atoms with van der Waals surface area (Å²) in [6.45, 7) is 3.81. The van der Waals surface area contributed by atoms with E-state index in [0.717, 1.165) is 37.5 Å². The summed E-state index contributed by atoms with van der Waals surface area (Å²) in [6.07, 6.45) is -2.30. The average molecular weight is 434 g/mol. The van der Waals surface area contributed by atoms with E-state index in [-0.39, 0.29) is 12.0 Å². The molecular formula is C22H25F3N4O2. The average Bonchev–Trinajstić information content (AvgIpc) is 3.28. The summed E-state index contributed by atoms with van der Waals surface area (Å²) in [5.74, 6) is 0.451. The zero-order chi connectivity index (χ0) is 22.0. The third-order valence-electron chi connectivity index (χ3n) is 5.92. The van der Waals surface area contributed by atoms with Gasteiger partial charge in [-0.15, -0.1) is 0 Å². The molecule has 0 N–H and O–H groups in total. The Morgan fingerprint density at radius 3 is 2.26 bits per heavy atom. The fraction of sp³-hybridized carbons (Fsp3) is 0.455. The highest BCUT2D eigenvalue weighted by Gasteiger charge is 2.31. The molecule has 2 aliphatic heterocycles. The molecule has 1 atom stereocenters. The van der Waals surface area contributed by atoms with Gasteiger partial charge >= 0.3 is 6.18 Å². The van der Waals surface area contributed by atoms with Crippen LogP contribution < -0.4 is 9.80 Å². The SMILES string of the molecule is CO[C@H]1CCN(c2ccc(C(=O)N3CCN(c4ccc(C(F)(F)F)cn4)CC3)cc2)C1. The van der Waals surface area contributed by atoms with Crippen LogP contribution in [0, 0.1) is 0 Å². The van der Waals surface area contributed by atoms with Gasteiger partial charge in [0, 0.05) is 63.8 Å². The predicted octanol–water partition coefficient (Wildman–Crippen LogP) is 3.29. The number of aromatic nitrogens is 1. The summed E-state index contributed by atoms with van der Waals surface area (Å²) in [5, 5.41) is 0. The van der Waals surface area contributed by atoms with E-state index in [1.54, 1.807) is 12.0 Å². The molecule has 1 aromatic carbocycles. The molecule has 1 amide bonds. The molecule has 2 aliphatic rings. The zero-order valence-corrected chi connectivity index (χ0v) is 17.3. The Kier molecular flexibility index (Phi) is 6.04. The first-order chi connectivity index (χ1) is 14.8. The number of carbonyl (C=O) groups excluding carboxylic acids is 1. The number of alkyl halides is 3. The lowest BCUT2D eigenvalue weighted by molar-refractivity contribution is -0.137. The van der Waals surface area contributed by atoms with Crippen LogP contribution in [0.25, 0.3) is 0 Å². The first kappa shape index (κ1) is 21.4. The number of piperazine rings is 1. The second kappa shape index (κ2) is 8.74. The van der Waals surface area contributed by atoms with E-state index in [4.69, 9.17) is 4.74 Å². The number of nitrogens with zero attached hydrogens (tertiary/aromatic N) is 4. The quantitative estimate of drug-likeness (QED) is 0.739. The van der Waals surface area contributed by atoms with Gasteiger partial charge in [-0.1, -0.05) is 0 Å². The Hall–Kier alpha value is -2.81. The van der Waals surface area contributed by atoms with Crippen molar-refractivity contribution >= 4 is 17.4 Å². The number of methoxy groups -OCH3 is 1. The topological polar surface area (TPSA) is 48.9 Å². The molecule has 0 spiro atoms. The number of benzene rings is 1. The minimum atomic E-state index is -4.40.